The van der Waals surface area contributed by atoms with E-state index in [4.69, 9.17) is 34.8 Å². The molecule has 0 fully saturated rings. The third-order valence-electron chi connectivity index (χ3n) is 4.17. The number of nitrogens with zero attached hydrogens (tertiary/aromatic N) is 1. The van der Waals surface area contributed by atoms with E-state index < -0.39 is 6.04 Å². The molecule has 0 radical (unpaired) electrons. The molecule has 27 heavy (non-hydrogen) atoms. The molecule has 144 valence electrons. The molecular formula is C20H21Cl3N2O2. The summed E-state index contributed by atoms with van der Waals surface area (Å²) >= 11 is 18.4. The molecule has 2 rings (SSSR count). The highest BCUT2D eigenvalue weighted by molar-refractivity contribution is 6.35. The van der Waals surface area contributed by atoms with Gasteiger partial charge in [0.25, 0.3) is 0 Å². The van der Waals surface area contributed by atoms with E-state index in [0.717, 1.165) is 0 Å². The van der Waals surface area contributed by atoms with Crippen molar-refractivity contribution in [1.29, 1.82) is 0 Å². The van der Waals surface area contributed by atoms with E-state index in [2.05, 4.69) is 5.32 Å². The Morgan fingerprint density at radius 3 is 2.37 bits per heavy atom. The van der Waals surface area contributed by atoms with Crippen LogP contribution in [0.4, 0.5) is 0 Å². The van der Waals surface area contributed by atoms with Gasteiger partial charge in [-0.3, -0.25) is 9.59 Å². The maximum Gasteiger partial charge on any atom is 0.242 e. The van der Waals surface area contributed by atoms with Gasteiger partial charge in [0.15, 0.2) is 0 Å². The number of amides is 2. The van der Waals surface area contributed by atoms with E-state index in [1.165, 1.54) is 4.90 Å². The van der Waals surface area contributed by atoms with Crippen LogP contribution in [0, 0.1) is 0 Å². The normalized spacial score (nSPS) is 11.7. The van der Waals surface area contributed by atoms with Gasteiger partial charge in [0.2, 0.25) is 11.8 Å². The van der Waals surface area contributed by atoms with Gasteiger partial charge in [-0.2, -0.15) is 0 Å². The fourth-order valence-electron chi connectivity index (χ4n) is 2.64. The van der Waals surface area contributed by atoms with Crippen LogP contribution in [-0.4, -0.2) is 29.3 Å². The molecule has 1 N–H and O–H groups in total. The van der Waals surface area contributed by atoms with Gasteiger partial charge in [0, 0.05) is 28.2 Å². The van der Waals surface area contributed by atoms with Crippen LogP contribution in [0.15, 0.2) is 42.5 Å². The summed E-state index contributed by atoms with van der Waals surface area (Å²) in [6, 6.07) is 11.6. The smallest absolute Gasteiger partial charge is 0.242 e. The summed E-state index contributed by atoms with van der Waals surface area (Å²) in [5.74, 6) is -0.442. The lowest BCUT2D eigenvalue weighted by molar-refractivity contribution is -0.140. The highest BCUT2D eigenvalue weighted by atomic mass is 35.5. The Kier molecular flexibility index (Phi) is 7.96. The quantitative estimate of drug-likeness (QED) is 0.693. The highest BCUT2D eigenvalue weighted by Crippen LogP contribution is 2.24. The molecule has 0 saturated carbocycles. The van der Waals surface area contributed by atoms with Crippen molar-refractivity contribution >= 4 is 46.6 Å². The van der Waals surface area contributed by atoms with Gasteiger partial charge in [-0.15, -0.1) is 0 Å². The molecule has 0 heterocycles. The zero-order valence-corrected chi connectivity index (χ0v) is 17.4. The Morgan fingerprint density at radius 1 is 1.04 bits per heavy atom. The second kappa shape index (κ2) is 9.98. The monoisotopic (exact) mass is 426 g/mol. The fourth-order valence-corrected chi connectivity index (χ4v) is 3.32. The van der Waals surface area contributed by atoms with Crippen LogP contribution in [0.5, 0.6) is 0 Å². The summed E-state index contributed by atoms with van der Waals surface area (Å²) in [6.07, 6.45) is 0.0919. The molecule has 2 aromatic carbocycles. The summed E-state index contributed by atoms with van der Waals surface area (Å²) in [5.41, 5.74) is 1.42. The Bertz CT molecular complexity index is 827. The SMILES string of the molecule is CCNC(=O)[C@@H](C)N(Cc1ccc(Cl)cc1Cl)C(=O)Cc1ccccc1Cl. The molecule has 0 saturated heterocycles. The van der Waals surface area contributed by atoms with Crippen LogP contribution in [0.3, 0.4) is 0 Å². The average molecular weight is 428 g/mol. The second-order valence-electron chi connectivity index (χ2n) is 6.10. The number of halogens is 3. The molecule has 2 aromatic rings. The van der Waals surface area contributed by atoms with Gasteiger partial charge in [0.05, 0.1) is 6.42 Å². The van der Waals surface area contributed by atoms with Crippen molar-refractivity contribution in [2.24, 2.45) is 0 Å². The molecule has 0 aromatic heterocycles. The van der Waals surface area contributed by atoms with Crippen LogP contribution < -0.4 is 5.32 Å². The Hall–Kier alpha value is -1.75. The lowest BCUT2D eigenvalue weighted by atomic mass is 10.1. The summed E-state index contributed by atoms with van der Waals surface area (Å²) in [5, 5.41) is 4.22. The van der Waals surface area contributed by atoms with Gasteiger partial charge < -0.3 is 10.2 Å². The van der Waals surface area contributed by atoms with Gasteiger partial charge in [0.1, 0.15) is 6.04 Å². The average Bonchev–Trinajstić information content (AvgIpc) is 2.62. The van der Waals surface area contributed by atoms with E-state index in [0.29, 0.717) is 32.7 Å². The van der Waals surface area contributed by atoms with Gasteiger partial charge in [-0.25, -0.2) is 0 Å². The summed E-state index contributed by atoms with van der Waals surface area (Å²) in [7, 11) is 0. The van der Waals surface area contributed by atoms with Crippen molar-refractivity contribution in [3.05, 3.63) is 68.7 Å². The van der Waals surface area contributed by atoms with Gasteiger partial charge in [-0.1, -0.05) is 59.1 Å². The Labute approximate surface area is 174 Å². The van der Waals surface area contributed by atoms with E-state index >= 15 is 0 Å². The summed E-state index contributed by atoms with van der Waals surface area (Å²) in [4.78, 5) is 26.9. The molecule has 0 spiro atoms. The molecule has 7 heteroatoms. The fraction of sp³-hybridized carbons (Fsp3) is 0.300. The predicted octanol–water partition coefficient (Wildman–Crippen LogP) is 4.74. The molecule has 2 amide bonds. The Balaban J connectivity index is 2.29. The number of rotatable bonds is 7. The molecule has 4 nitrogen and oxygen atoms in total. The second-order valence-corrected chi connectivity index (χ2v) is 7.35. The third kappa shape index (κ3) is 5.86. The number of benzene rings is 2. The maximum absolute atomic E-state index is 13.0. The predicted molar refractivity (Wildman–Crippen MR) is 110 cm³/mol. The van der Waals surface area contributed by atoms with Gasteiger partial charge >= 0.3 is 0 Å². The van der Waals surface area contributed by atoms with Crippen molar-refractivity contribution in [2.45, 2.75) is 32.9 Å². The number of hydrogen-bond acceptors (Lipinski definition) is 2. The molecule has 0 aliphatic heterocycles. The maximum atomic E-state index is 13.0. The van der Waals surface area contributed by atoms with Crippen LogP contribution in [0.1, 0.15) is 25.0 Å². The molecule has 0 aliphatic rings. The van der Waals surface area contributed by atoms with E-state index in [1.807, 2.05) is 13.0 Å². The number of hydrogen-bond donors (Lipinski definition) is 1. The van der Waals surface area contributed by atoms with E-state index in [9.17, 15) is 9.59 Å². The van der Waals surface area contributed by atoms with Crippen LogP contribution in [-0.2, 0) is 22.6 Å². The standard InChI is InChI=1S/C20H21Cl3N2O2/c1-3-24-20(27)13(2)25(12-15-8-9-16(21)11-18(15)23)19(26)10-14-6-4-5-7-17(14)22/h4-9,11,13H,3,10,12H2,1-2H3,(H,24,27)/t13-/m1/s1. The number of carbonyl (C=O) groups is 2. The first-order valence-electron chi connectivity index (χ1n) is 8.58. The molecule has 0 bridgehead atoms. The van der Waals surface area contributed by atoms with Crippen molar-refractivity contribution < 1.29 is 9.59 Å². The minimum Gasteiger partial charge on any atom is -0.355 e. The van der Waals surface area contributed by atoms with Crippen LogP contribution in [0.25, 0.3) is 0 Å². The first kappa shape index (κ1) is 21.5. The molecule has 0 aliphatic carbocycles. The van der Waals surface area contributed by atoms with Crippen LogP contribution >= 0.6 is 34.8 Å². The zero-order chi connectivity index (χ0) is 20.0. The first-order chi connectivity index (χ1) is 12.8. The minimum absolute atomic E-state index is 0.0919. The number of nitrogens with one attached hydrogen (secondary N) is 1. The molecular weight excluding hydrogens is 407 g/mol. The van der Waals surface area contributed by atoms with Crippen molar-refractivity contribution in [1.82, 2.24) is 10.2 Å². The lowest BCUT2D eigenvalue weighted by Crippen LogP contribution is -2.48. The van der Waals surface area contributed by atoms with Crippen LogP contribution in [0.2, 0.25) is 15.1 Å². The van der Waals surface area contributed by atoms with E-state index in [1.54, 1.807) is 43.3 Å². The Morgan fingerprint density at radius 2 is 1.74 bits per heavy atom. The topological polar surface area (TPSA) is 49.4 Å². The van der Waals surface area contributed by atoms with Crippen molar-refractivity contribution in [3.63, 3.8) is 0 Å². The lowest BCUT2D eigenvalue weighted by Gasteiger charge is -2.29. The molecule has 1 atom stereocenters. The summed E-state index contributed by atoms with van der Waals surface area (Å²) in [6.45, 7) is 4.20. The highest BCUT2D eigenvalue weighted by Gasteiger charge is 2.26. The third-order valence-corrected chi connectivity index (χ3v) is 5.13. The first-order valence-corrected chi connectivity index (χ1v) is 9.71. The van der Waals surface area contributed by atoms with Gasteiger partial charge in [-0.05, 0) is 43.2 Å². The van der Waals surface area contributed by atoms with Crippen molar-refractivity contribution in [3.8, 4) is 0 Å². The molecule has 0 unspecified atom stereocenters. The van der Waals surface area contributed by atoms with Crippen molar-refractivity contribution in [2.75, 3.05) is 6.54 Å². The number of carbonyl (C=O) groups excluding carboxylic acids is 2. The summed E-state index contributed by atoms with van der Waals surface area (Å²) < 4.78 is 0. The zero-order valence-electron chi connectivity index (χ0n) is 15.1. The van der Waals surface area contributed by atoms with E-state index in [-0.39, 0.29) is 24.8 Å². The number of likely N-dealkylation sites (N-methyl/N-ethyl adjacent to an activating group) is 1. The largest absolute Gasteiger partial charge is 0.355 e. The minimum atomic E-state index is -0.660.